The summed E-state index contributed by atoms with van der Waals surface area (Å²) in [5, 5.41) is 6.51. The summed E-state index contributed by atoms with van der Waals surface area (Å²) < 4.78 is 5.63. The van der Waals surface area contributed by atoms with Gasteiger partial charge in [0.1, 0.15) is 0 Å². The maximum Gasteiger partial charge on any atom is 0.191 e. The van der Waals surface area contributed by atoms with E-state index in [0.717, 1.165) is 25.6 Å². The van der Waals surface area contributed by atoms with Crippen LogP contribution in [-0.2, 0) is 11.3 Å². The van der Waals surface area contributed by atoms with Crippen molar-refractivity contribution in [2.45, 2.75) is 27.4 Å². The number of nitrogens with one attached hydrogen (secondary N) is 2. The van der Waals surface area contributed by atoms with Gasteiger partial charge in [-0.05, 0) is 18.4 Å². The largest absolute Gasteiger partial charge is 0.375 e. The van der Waals surface area contributed by atoms with Crippen LogP contribution in [0.15, 0.2) is 35.3 Å². The van der Waals surface area contributed by atoms with Crippen LogP contribution < -0.4 is 10.6 Å². The van der Waals surface area contributed by atoms with Crippen LogP contribution in [0.1, 0.15) is 26.3 Å². The Bertz CT molecular complexity index is 377. The van der Waals surface area contributed by atoms with E-state index in [2.05, 4.69) is 48.5 Å². The van der Waals surface area contributed by atoms with Gasteiger partial charge in [-0.15, -0.1) is 0 Å². The van der Waals surface area contributed by atoms with Crippen molar-refractivity contribution in [1.29, 1.82) is 0 Å². The normalized spacial score (nSPS) is 11.7. The molecule has 1 rings (SSSR count). The van der Waals surface area contributed by atoms with Crippen molar-refractivity contribution in [2.24, 2.45) is 10.9 Å². The SMILES string of the molecule is CCNC(=NCC(C)C)NCCOCc1ccccc1. The molecular weight excluding hydrogens is 250 g/mol. The van der Waals surface area contributed by atoms with Crippen LogP contribution in [0.4, 0.5) is 0 Å². The van der Waals surface area contributed by atoms with Crippen LogP contribution in [0.2, 0.25) is 0 Å². The average Bonchev–Trinajstić information content (AvgIpc) is 2.45. The summed E-state index contributed by atoms with van der Waals surface area (Å²) in [4.78, 5) is 4.51. The minimum absolute atomic E-state index is 0.569. The Labute approximate surface area is 122 Å². The molecule has 0 aromatic heterocycles. The second-order valence-electron chi connectivity index (χ2n) is 5.08. The van der Waals surface area contributed by atoms with E-state index in [-0.39, 0.29) is 0 Å². The van der Waals surface area contributed by atoms with E-state index in [1.54, 1.807) is 0 Å². The predicted molar refractivity (Wildman–Crippen MR) is 84.9 cm³/mol. The zero-order chi connectivity index (χ0) is 14.6. The molecule has 0 fully saturated rings. The summed E-state index contributed by atoms with van der Waals surface area (Å²) >= 11 is 0. The lowest BCUT2D eigenvalue weighted by Gasteiger charge is -2.12. The Morgan fingerprint density at radius 2 is 1.95 bits per heavy atom. The van der Waals surface area contributed by atoms with Crippen LogP contribution in [0, 0.1) is 5.92 Å². The molecule has 0 aliphatic carbocycles. The molecule has 1 aromatic rings. The zero-order valence-corrected chi connectivity index (χ0v) is 12.9. The monoisotopic (exact) mass is 277 g/mol. The lowest BCUT2D eigenvalue weighted by atomic mass is 10.2. The van der Waals surface area contributed by atoms with Gasteiger partial charge in [0.2, 0.25) is 0 Å². The Kier molecular flexibility index (Phi) is 8.47. The van der Waals surface area contributed by atoms with Crippen molar-refractivity contribution in [2.75, 3.05) is 26.2 Å². The second-order valence-corrected chi connectivity index (χ2v) is 5.08. The quantitative estimate of drug-likeness (QED) is 0.436. The molecule has 4 heteroatoms. The van der Waals surface area contributed by atoms with Gasteiger partial charge in [0.15, 0.2) is 5.96 Å². The number of benzene rings is 1. The number of nitrogens with zero attached hydrogens (tertiary/aromatic N) is 1. The molecule has 0 unspecified atom stereocenters. The molecule has 0 aliphatic rings. The van der Waals surface area contributed by atoms with E-state index in [0.29, 0.717) is 19.1 Å². The van der Waals surface area contributed by atoms with E-state index in [4.69, 9.17) is 4.74 Å². The predicted octanol–water partition coefficient (Wildman–Crippen LogP) is 2.41. The van der Waals surface area contributed by atoms with Crippen LogP contribution in [0.3, 0.4) is 0 Å². The number of guanidine groups is 1. The summed E-state index contributed by atoms with van der Waals surface area (Å²) in [5.41, 5.74) is 1.20. The highest BCUT2D eigenvalue weighted by atomic mass is 16.5. The maximum absolute atomic E-state index is 5.63. The molecule has 0 atom stereocenters. The fraction of sp³-hybridized carbons (Fsp3) is 0.562. The van der Waals surface area contributed by atoms with Crippen molar-refractivity contribution < 1.29 is 4.74 Å². The van der Waals surface area contributed by atoms with E-state index in [1.165, 1.54) is 5.56 Å². The molecular formula is C16H27N3O. The first-order valence-corrected chi connectivity index (χ1v) is 7.36. The lowest BCUT2D eigenvalue weighted by molar-refractivity contribution is 0.125. The first kappa shape index (κ1) is 16.5. The summed E-state index contributed by atoms with van der Waals surface area (Å²) in [6.07, 6.45) is 0. The van der Waals surface area contributed by atoms with E-state index >= 15 is 0 Å². The summed E-state index contributed by atoms with van der Waals surface area (Å²) in [5.74, 6) is 1.43. The number of rotatable bonds is 8. The second kappa shape index (κ2) is 10.3. The minimum Gasteiger partial charge on any atom is -0.375 e. The first-order chi connectivity index (χ1) is 9.72. The Morgan fingerprint density at radius 1 is 1.20 bits per heavy atom. The standard InChI is InChI=1S/C16H27N3O/c1-4-17-16(19-12-14(2)3)18-10-11-20-13-15-8-6-5-7-9-15/h5-9,14H,4,10-13H2,1-3H3,(H2,17,18,19). The molecule has 20 heavy (non-hydrogen) atoms. The average molecular weight is 277 g/mol. The molecule has 0 saturated heterocycles. The van der Waals surface area contributed by atoms with Gasteiger partial charge in [-0.3, -0.25) is 4.99 Å². The van der Waals surface area contributed by atoms with E-state index in [9.17, 15) is 0 Å². The van der Waals surface area contributed by atoms with E-state index in [1.807, 2.05) is 18.2 Å². The van der Waals surface area contributed by atoms with E-state index < -0.39 is 0 Å². The molecule has 112 valence electrons. The highest BCUT2D eigenvalue weighted by Crippen LogP contribution is 1.99. The number of aliphatic imine (C=N–C) groups is 1. The smallest absolute Gasteiger partial charge is 0.191 e. The van der Waals surface area contributed by atoms with Crippen LogP contribution >= 0.6 is 0 Å². The third-order valence-electron chi connectivity index (χ3n) is 2.61. The molecule has 0 heterocycles. The highest BCUT2D eigenvalue weighted by molar-refractivity contribution is 5.79. The van der Waals surface area contributed by atoms with Crippen LogP contribution in [-0.4, -0.2) is 32.2 Å². The summed E-state index contributed by atoms with van der Waals surface area (Å²) in [6.45, 7) is 10.2. The summed E-state index contributed by atoms with van der Waals surface area (Å²) in [7, 11) is 0. The van der Waals surface area contributed by atoms with Crippen molar-refractivity contribution in [3.05, 3.63) is 35.9 Å². The van der Waals surface area contributed by atoms with Crippen molar-refractivity contribution in [3.63, 3.8) is 0 Å². The number of hydrogen-bond acceptors (Lipinski definition) is 2. The summed E-state index contributed by atoms with van der Waals surface area (Å²) in [6, 6.07) is 10.2. The number of ether oxygens (including phenoxy) is 1. The first-order valence-electron chi connectivity index (χ1n) is 7.36. The molecule has 0 spiro atoms. The zero-order valence-electron chi connectivity index (χ0n) is 12.9. The van der Waals surface area contributed by atoms with Gasteiger partial charge in [-0.2, -0.15) is 0 Å². The molecule has 0 bridgehead atoms. The Hall–Kier alpha value is -1.55. The van der Waals surface area contributed by atoms with Crippen LogP contribution in [0.25, 0.3) is 0 Å². The van der Waals surface area contributed by atoms with Crippen molar-refractivity contribution in [3.8, 4) is 0 Å². The molecule has 0 amide bonds. The van der Waals surface area contributed by atoms with Gasteiger partial charge in [0.05, 0.1) is 13.2 Å². The third-order valence-corrected chi connectivity index (χ3v) is 2.61. The highest BCUT2D eigenvalue weighted by Gasteiger charge is 1.98. The van der Waals surface area contributed by atoms with Gasteiger partial charge >= 0.3 is 0 Å². The van der Waals surface area contributed by atoms with Crippen molar-refractivity contribution in [1.82, 2.24) is 10.6 Å². The fourth-order valence-electron chi connectivity index (χ4n) is 1.62. The maximum atomic E-state index is 5.63. The third kappa shape index (κ3) is 7.79. The van der Waals surface area contributed by atoms with Gasteiger partial charge in [-0.1, -0.05) is 44.2 Å². The number of hydrogen-bond donors (Lipinski definition) is 2. The fourth-order valence-corrected chi connectivity index (χ4v) is 1.62. The molecule has 2 N–H and O–H groups in total. The van der Waals surface area contributed by atoms with Gasteiger partial charge in [0, 0.05) is 19.6 Å². The molecule has 4 nitrogen and oxygen atoms in total. The molecule has 0 saturated carbocycles. The molecule has 1 aromatic carbocycles. The Morgan fingerprint density at radius 3 is 2.60 bits per heavy atom. The minimum atomic E-state index is 0.569. The van der Waals surface area contributed by atoms with Gasteiger partial charge in [0.25, 0.3) is 0 Å². The molecule has 0 radical (unpaired) electrons. The Balaban J connectivity index is 2.18. The van der Waals surface area contributed by atoms with Crippen LogP contribution in [0.5, 0.6) is 0 Å². The topological polar surface area (TPSA) is 45.7 Å². The van der Waals surface area contributed by atoms with Gasteiger partial charge < -0.3 is 15.4 Å². The molecule has 0 aliphatic heterocycles. The van der Waals surface area contributed by atoms with Gasteiger partial charge in [-0.25, -0.2) is 0 Å². The van der Waals surface area contributed by atoms with Crippen molar-refractivity contribution >= 4 is 5.96 Å². The lowest BCUT2D eigenvalue weighted by Crippen LogP contribution is -2.39.